The van der Waals surface area contributed by atoms with Crippen LogP contribution in [0.3, 0.4) is 0 Å². The molecule has 100 valence electrons. The van der Waals surface area contributed by atoms with Crippen molar-refractivity contribution in [3.63, 3.8) is 0 Å². The third-order valence-corrected chi connectivity index (χ3v) is 2.70. The van der Waals surface area contributed by atoms with E-state index in [1.165, 1.54) is 0 Å². The highest BCUT2D eigenvalue weighted by molar-refractivity contribution is 5.78. The quantitative estimate of drug-likeness (QED) is 0.688. The zero-order chi connectivity index (χ0) is 13.2. The second-order valence-electron chi connectivity index (χ2n) is 4.28. The van der Waals surface area contributed by atoms with Crippen molar-refractivity contribution in [2.24, 2.45) is 11.7 Å². The van der Waals surface area contributed by atoms with E-state index >= 15 is 0 Å². The number of carbonyl (C=O) groups is 1. The molecule has 0 spiro atoms. The number of hydrogen-bond acceptors (Lipinski definition) is 3. The average Bonchev–Trinajstić information content (AvgIpc) is 2.41. The number of rotatable bonds is 8. The van der Waals surface area contributed by atoms with Crippen molar-refractivity contribution in [1.82, 2.24) is 5.32 Å². The van der Waals surface area contributed by atoms with Crippen molar-refractivity contribution < 1.29 is 9.53 Å². The van der Waals surface area contributed by atoms with Gasteiger partial charge in [-0.2, -0.15) is 0 Å². The summed E-state index contributed by atoms with van der Waals surface area (Å²) in [6.45, 7) is 3.57. The molecule has 0 aliphatic heterocycles. The number of nitrogens with two attached hydrogens (primary N) is 1. The van der Waals surface area contributed by atoms with Gasteiger partial charge >= 0.3 is 0 Å². The van der Waals surface area contributed by atoms with Gasteiger partial charge in [-0.3, -0.25) is 4.79 Å². The predicted molar refractivity (Wildman–Crippen MR) is 72.4 cm³/mol. The molecule has 0 fully saturated rings. The summed E-state index contributed by atoms with van der Waals surface area (Å²) in [4.78, 5) is 11.7. The lowest BCUT2D eigenvalue weighted by Gasteiger charge is -2.12. The molecule has 18 heavy (non-hydrogen) atoms. The van der Waals surface area contributed by atoms with E-state index in [9.17, 15) is 4.79 Å². The molecule has 0 aliphatic rings. The van der Waals surface area contributed by atoms with E-state index in [-0.39, 0.29) is 11.8 Å². The fraction of sp³-hybridized carbons (Fsp3) is 0.500. The van der Waals surface area contributed by atoms with E-state index in [0.717, 1.165) is 18.6 Å². The second-order valence-corrected chi connectivity index (χ2v) is 4.28. The maximum absolute atomic E-state index is 11.7. The third kappa shape index (κ3) is 5.68. The van der Waals surface area contributed by atoms with Gasteiger partial charge in [-0.05, 0) is 31.5 Å². The van der Waals surface area contributed by atoms with Gasteiger partial charge < -0.3 is 15.8 Å². The summed E-state index contributed by atoms with van der Waals surface area (Å²) in [6.07, 6.45) is 1.72. The molecule has 1 amide bonds. The molecule has 0 radical (unpaired) electrons. The first-order valence-corrected chi connectivity index (χ1v) is 6.39. The minimum absolute atomic E-state index is 0.0188. The highest BCUT2D eigenvalue weighted by Gasteiger charge is 2.10. The van der Waals surface area contributed by atoms with Crippen LogP contribution in [0.4, 0.5) is 0 Å². The van der Waals surface area contributed by atoms with Crippen molar-refractivity contribution in [3.8, 4) is 5.75 Å². The molecule has 1 aromatic rings. The molecule has 0 heterocycles. The van der Waals surface area contributed by atoms with Gasteiger partial charge in [-0.1, -0.05) is 25.1 Å². The van der Waals surface area contributed by atoms with Crippen LogP contribution < -0.4 is 15.8 Å². The van der Waals surface area contributed by atoms with Crippen LogP contribution in [0.2, 0.25) is 0 Å². The topological polar surface area (TPSA) is 64.4 Å². The minimum Gasteiger partial charge on any atom is -0.492 e. The van der Waals surface area contributed by atoms with Crippen molar-refractivity contribution in [1.29, 1.82) is 0 Å². The van der Waals surface area contributed by atoms with Crippen molar-refractivity contribution in [3.05, 3.63) is 30.3 Å². The number of para-hydroxylation sites is 1. The van der Waals surface area contributed by atoms with Crippen LogP contribution >= 0.6 is 0 Å². The molecular formula is C14H22N2O2. The first-order chi connectivity index (χ1) is 8.74. The summed E-state index contributed by atoms with van der Waals surface area (Å²) >= 11 is 0. The fourth-order valence-corrected chi connectivity index (χ4v) is 1.59. The molecule has 0 aliphatic carbocycles. The summed E-state index contributed by atoms with van der Waals surface area (Å²) in [5, 5.41) is 2.86. The maximum Gasteiger partial charge on any atom is 0.222 e. The Morgan fingerprint density at radius 3 is 2.78 bits per heavy atom. The Kier molecular flexibility index (Phi) is 6.87. The van der Waals surface area contributed by atoms with E-state index in [2.05, 4.69) is 5.32 Å². The predicted octanol–water partition coefficient (Wildman–Crippen LogP) is 1.56. The van der Waals surface area contributed by atoms with Crippen LogP contribution in [0.15, 0.2) is 30.3 Å². The number of ether oxygens (including phenoxy) is 1. The molecule has 4 nitrogen and oxygen atoms in total. The molecule has 0 aromatic heterocycles. The Bertz CT molecular complexity index is 341. The van der Waals surface area contributed by atoms with Crippen molar-refractivity contribution >= 4 is 5.91 Å². The SMILES string of the molecule is CC(CCCN)C(=O)NCCOc1ccccc1. The Hall–Kier alpha value is -1.55. The second kappa shape index (κ2) is 8.53. The van der Waals surface area contributed by atoms with E-state index in [1.54, 1.807) is 0 Å². The van der Waals surface area contributed by atoms with Crippen LogP contribution in [-0.2, 0) is 4.79 Å². The normalized spacial score (nSPS) is 11.9. The molecular weight excluding hydrogens is 228 g/mol. The summed E-state index contributed by atoms with van der Waals surface area (Å²) < 4.78 is 5.48. The van der Waals surface area contributed by atoms with Crippen molar-refractivity contribution in [2.45, 2.75) is 19.8 Å². The lowest BCUT2D eigenvalue weighted by molar-refractivity contribution is -0.124. The molecule has 3 N–H and O–H groups in total. The Morgan fingerprint density at radius 1 is 1.39 bits per heavy atom. The Labute approximate surface area is 109 Å². The van der Waals surface area contributed by atoms with E-state index < -0.39 is 0 Å². The van der Waals surface area contributed by atoms with E-state index in [1.807, 2.05) is 37.3 Å². The van der Waals surface area contributed by atoms with Crippen LogP contribution in [-0.4, -0.2) is 25.6 Å². The Morgan fingerprint density at radius 2 is 2.11 bits per heavy atom. The van der Waals surface area contributed by atoms with Gasteiger partial charge in [-0.25, -0.2) is 0 Å². The van der Waals surface area contributed by atoms with E-state index in [4.69, 9.17) is 10.5 Å². The summed E-state index contributed by atoms with van der Waals surface area (Å²) in [5.41, 5.74) is 5.41. The highest BCUT2D eigenvalue weighted by Crippen LogP contribution is 2.07. The number of benzene rings is 1. The highest BCUT2D eigenvalue weighted by atomic mass is 16.5. The van der Waals surface area contributed by atoms with Gasteiger partial charge in [0.05, 0.1) is 6.54 Å². The monoisotopic (exact) mass is 250 g/mol. The van der Waals surface area contributed by atoms with Gasteiger partial charge in [-0.15, -0.1) is 0 Å². The standard InChI is InChI=1S/C14H22N2O2/c1-12(6-5-9-15)14(17)16-10-11-18-13-7-3-2-4-8-13/h2-4,7-8,12H,5-6,9-11,15H2,1H3,(H,16,17). The third-order valence-electron chi connectivity index (χ3n) is 2.70. The molecule has 1 rings (SSSR count). The largest absolute Gasteiger partial charge is 0.492 e. The van der Waals surface area contributed by atoms with Crippen LogP contribution in [0.25, 0.3) is 0 Å². The first kappa shape index (κ1) is 14.5. The lowest BCUT2D eigenvalue weighted by atomic mass is 10.1. The zero-order valence-electron chi connectivity index (χ0n) is 10.9. The minimum atomic E-state index is 0.0188. The number of nitrogens with one attached hydrogen (secondary N) is 1. The van der Waals surface area contributed by atoms with Crippen LogP contribution in [0.1, 0.15) is 19.8 Å². The van der Waals surface area contributed by atoms with Gasteiger partial charge in [0.15, 0.2) is 0 Å². The van der Waals surface area contributed by atoms with Gasteiger partial charge in [0.2, 0.25) is 5.91 Å². The van der Waals surface area contributed by atoms with Gasteiger partial charge in [0.1, 0.15) is 12.4 Å². The Balaban J connectivity index is 2.12. The number of amides is 1. The zero-order valence-corrected chi connectivity index (χ0v) is 10.9. The number of carbonyl (C=O) groups excluding carboxylic acids is 1. The molecule has 0 bridgehead atoms. The molecule has 1 unspecified atom stereocenters. The van der Waals surface area contributed by atoms with Gasteiger partial charge in [0.25, 0.3) is 0 Å². The summed E-state index contributed by atoms with van der Waals surface area (Å²) in [7, 11) is 0. The lowest BCUT2D eigenvalue weighted by Crippen LogP contribution is -2.32. The molecule has 1 aromatic carbocycles. The average molecular weight is 250 g/mol. The molecule has 0 saturated carbocycles. The molecule has 1 atom stereocenters. The summed E-state index contributed by atoms with van der Waals surface area (Å²) in [6, 6.07) is 9.57. The fourth-order valence-electron chi connectivity index (χ4n) is 1.59. The maximum atomic E-state index is 11.7. The molecule has 4 heteroatoms. The molecule has 0 saturated heterocycles. The first-order valence-electron chi connectivity index (χ1n) is 6.39. The summed E-state index contributed by atoms with van der Waals surface area (Å²) in [5.74, 6) is 0.910. The van der Waals surface area contributed by atoms with E-state index in [0.29, 0.717) is 19.7 Å². The van der Waals surface area contributed by atoms with Crippen molar-refractivity contribution in [2.75, 3.05) is 19.7 Å². The van der Waals surface area contributed by atoms with Crippen LogP contribution in [0.5, 0.6) is 5.75 Å². The number of hydrogen-bond donors (Lipinski definition) is 2. The van der Waals surface area contributed by atoms with Crippen LogP contribution in [0, 0.1) is 5.92 Å². The van der Waals surface area contributed by atoms with Gasteiger partial charge in [0, 0.05) is 5.92 Å². The smallest absolute Gasteiger partial charge is 0.222 e.